The van der Waals surface area contributed by atoms with Gasteiger partial charge in [-0.1, -0.05) is 25.4 Å². The molecule has 2 aliphatic heterocycles. The molecule has 0 spiro atoms. The number of aliphatic carboxylic acids is 1. The third-order valence-electron chi connectivity index (χ3n) is 6.15. The molecule has 2 aromatic rings. The number of carbonyl (C=O) groups is 4. The van der Waals surface area contributed by atoms with E-state index in [1.54, 1.807) is 6.07 Å². The number of aryl methyl sites for hydroxylation is 1. The Kier molecular flexibility index (Phi) is 8.08. The molecule has 1 aromatic carbocycles. The van der Waals surface area contributed by atoms with Crippen molar-refractivity contribution < 1.29 is 38.2 Å². The zero-order valence-corrected chi connectivity index (χ0v) is 22.7. The molecule has 2 amide bonds. The standard InChI is InChI=1S/C26H27ClN2O8S/c1-12(2)17-8-18(27)13(3)7-20(17)36-10-16-5-6-19(37-16)23(31)28-21-24(32)29-22(26(33)34)15(9-35-14(4)30)11-38-25(21)29/h5-8,12,21,25H,9-11H2,1-4H3,(H,28,31)(H,33,34)/p-1. The molecule has 0 aliphatic carbocycles. The molecule has 0 saturated carbocycles. The van der Waals surface area contributed by atoms with Gasteiger partial charge in [-0.05, 0) is 48.2 Å². The molecule has 10 nitrogen and oxygen atoms in total. The Morgan fingerprint density at radius 3 is 2.66 bits per heavy atom. The lowest BCUT2D eigenvalue weighted by Crippen LogP contribution is -2.71. The number of rotatable bonds is 9. The maximum absolute atomic E-state index is 12.8. The number of thioether (sulfide) groups is 1. The Labute approximate surface area is 228 Å². The smallest absolute Gasteiger partial charge is 0.302 e. The summed E-state index contributed by atoms with van der Waals surface area (Å²) in [5, 5.41) is 14.3. The van der Waals surface area contributed by atoms with Gasteiger partial charge in [-0.2, -0.15) is 0 Å². The first kappa shape index (κ1) is 27.6. The summed E-state index contributed by atoms with van der Waals surface area (Å²) in [5.74, 6) is -1.91. The van der Waals surface area contributed by atoms with E-state index < -0.39 is 35.2 Å². The lowest BCUT2D eigenvalue weighted by molar-refractivity contribution is -0.301. The van der Waals surface area contributed by atoms with Crippen LogP contribution in [0.3, 0.4) is 0 Å². The number of fused-ring (bicyclic) bond motifs is 1. The number of nitrogens with zero attached hydrogens (tertiary/aromatic N) is 1. The quantitative estimate of drug-likeness (QED) is 0.361. The van der Waals surface area contributed by atoms with Gasteiger partial charge in [0.25, 0.3) is 11.8 Å². The van der Waals surface area contributed by atoms with Gasteiger partial charge in [0.1, 0.15) is 36.1 Å². The number of hydrogen-bond donors (Lipinski definition) is 1. The Bertz CT molecular complexity index is 1330. The molecule has 202 valence electrons. The summed E-state index contributed by atoms with van der Waals surface area (Å²) in [7, 11) is 0. The molecule has 2 aliphatic rings. The van der Waals surface area contributed by atoms with Gasteiger partial charge in [-0.25, -0.2) is 0 Å². The Balaban J connectivity index is 1.40. The second kappa shape index (κ2) is 11.1. The number of carbonyl (C=O) groups excluding carboxylic acids is 4. The fourth-order valence-electron chi connectivity index (χ4n) is 4.16. The van der Waals surface area contributed by atoms with E-state index in [0.717, 1.165) is 16.0 Å². The van der Waals surface area contributed by atoms with Crippen LogP contribution in [0, 0.1) is 6.92 Å². The first-order valence-corrected chi connectivity index (χ1v) is 13.2. The van der Waals surface area contributed by atoms with E-state index in [2.05, 4.69) is 5.32 Å². The number of amides is 2. The van der Waals surface area contributed by atoms with Gasteiger partial charge in [-0.15, -0.1) is 11.8 Å². The molecule has 12 heteroatoms. The summed E-state index contributed by atoms with van der Waals surface area (Å²) < 4.78 is 16.5. The average Bonchev–Trinajstić information content (AvgIpc) is 3.34. The van der Waals surface area contributed by atoms with Crippen LogP contribution in [-0.2, 0) is 25.7 Å². The average molecular weight is 562 g/mol. The third-order valence-corrected chi connectivity index (χ3v) is 7.89. The van der Waals surface area contributed by atoms with Crippen molar-refractivity contribution in [3.63, 3.8) is 0 Å². The van der Waals surface area contributed by atoms with Crippen LogP contribution in [0.25, 0.3) is 0 Å². The summed E-state index contributed by atoms with van der Waals surface area (Å²) in [6.45, 7) is 6.96. The Morgan fingerprint density at radius 1 is 1.26 bits per heavy atom. The molecule has 0 bridgehead atoms. The minimum Gasteiger partial charge on any atom is -0.543 e. The number of esters is 1. The third kappa shape index (κ3) is 5.53. The minimum atomic E-state index is -1.55. The summed E-state index contributed by atoms with van der Waals surface area (Å²) in [4.78, 5) is 49.5. The largest absolute Gasteiger partial charge is 0.543 e. The molecule has 4 rings (SSSR count). The second-order valence-electron chi connectivity index (χ2n) is 9.23. The van der Waals surface area contributed by atoms with Crippen LogP contribution >= 0.6 is 23.4 Å². The number of ether oxygens (including phenoxy) is 2. The molecule has 2 unspecified atom stereocenters. The van der Waals surface area contributed by atoms with Crippen molar-refractivity contribution in [2.45, 2.75) is 51.6 Å². The first-order valence-electron chi connectivity index (χ1n) is 11.8. The monoisotopic (exact) mass is 561 g/mol. The lowest BCUT2D eigenvalue weighted by atomic mass is 10.0. The topological polar surface area (TPSA) is 138 Å². The van der Waals surface area contributed by atoms with Crippen molar-refractivity contribution in [3.8, 4) is 5.75 Å². The molecule has 3 heterocycles. The number of carboxylic acids is 1. The number of halogens is 1. The normalized spacial score (nSPS) is 18.7. The van der Waals surface area contributed by atoms with Gasteiger partial charge in [0.2, 0.25) is 0 Å². The fourth-order valence-corrected chi connectivity index (χ4v) is 5.66. The molecule has 1 fully saturated rings. The second-order valence-corrected chi connectivity index (χ2v) is 10.7. The van der Waals surface area contributed by atoms with Crippen LogP contribution < -0.4 is 15.2 Å². The Morgan fingerprint density at radius 2 is 2.00 bits per heavy atom. The molecule has 2 atom stereocenters. The lowest BCUT2D eigenvalue weighted by Gasteiger charge is -2.50. The molecule has 1 N–H and O–H groups in total. The number of hydrogen-bond acceptors (Lipinski definition) is 9. The van der Waals surface area contributed by atoms with Crippen LogP contribution in [0.4, 0.5) is 0 Å². The zero-order valence-electron chi connectivity index (χ0n) is 21.2. The van der Waals surface area contributed by atoms with E-state index in [9.17, 15) is 24.3 Å². The van der Waals surface area contributed by atoms with E-state index in [1.807, 2.05) is 32.9 Å². The summed E-state index contributed by atoms with van der Waals surface area (Å²) in [6.07, 6.45) is 0. The highest BCUT2D eigenvalue weighted by molar-refractivity contribution is 8.00. The number of furan rings is 1. The minimum absolute atomic E-state index is 0.0155. The summed E-state index contributed by atoms with van der Waals surface area (Å²) >= 11 is 7.50. The van der Waals surface area contributed by atoms with Gasteiger partial charge in [0.05, 0.1) is 11.7 Å². The predicted molar refractivity (Wildman–Crippen MR) is 136 cm³/mol. The summed E-state index contributed by atoms with van der Waals surface area (Å²) in [5.41, 5.74) is 1.75. The van der Waals surface area contributed by atoms with E-state index in [-0.39, 0.29) is 41.9 Å². The van der Waals surface area contributed by atoms with Crippen molar-refractivity contribution in [2.75, 3.05) is 12.4 Å². The van der Waals surface area contributed by atoms with Crippen molar-refractivity contribution in [2.24, 2.45) is 0 Å². The number of carboxylic acid groups (broad SMARTS) is 1. The molecule has 1 saturated heterocycles. The molecule has 0 radical (unpaired) electrons. The highest BCUT2D eigenvalue weighted by atomic mass is 35.5. The van der Waals surface area contributed by atoms with Crippen LogP contribution in [-0.4, -0.2) is 52.4 Å². The van der Waals surface area contributed by atoms with E-state index in [1.165, 1.54) is 24.8 Å². The van der Waals surface area contributed by atoms with Crippen molar-refractivity contribution in [1.29, 1.82) is 0 Å². The molecule has 1 aromatic heterocycles. The van der Waals surface area contributed by atoms with Gasteiger partial charge in [0.15, 0.2) is 5.76 Å². The maximum atomic E-state index is 12.8. The zero-order chi connectivity index (χ0) is 27.7. The van der Waals surface area contributed by atoms with E-state index in [0.29, 0.717) is 16.5 Å². The van der Waals surface area contributed by atoms with Gasteiger partial charge < -0.3 is 29.1 Å². The van der Waals surface area contributed by atoms with Crippen molar-refractivity contribution in [1.82, 2.24) is 10.2 Å². The Hall–Kier alpha value is -3.44. The maximum Gasteiger partial charge on any atom is 0.302 e. The number of β-lactam (4-membered cyclic amide) rings is 1. The van der Waals surface area contributed by atoms with Crippen molar-refractivity contribution >= 4 is 47.1 Å². The van der Waals surface area contributed by atoms with Crippen LogP contribution in [0.15, 0.2) is 40.0 Å². The molecule has 38 heavy (non-hydrogen) atoms. The van der Waals surface area contributed by atoms with Gasteiger partial charge in [-0.3, -0.25) is 19.3 Å². The fraction of sp³-hybridized carbons (Fsp3) is 0.385. The van der Waals surface area contributed by atoms with Crippen molar-refractivity contribution in [3.05, 3.63) is 63.2 Å². The highest BCUT2D eigenvalue weighted by Crippen LogP contribution is 2.40. The predicted octanol–water partition coefficient (Wildman–Crippen LogP) is 2.52. The van der Waals surface area contributed by atoms with E-state index >= 15 is 0 Å². The van der Waals surface area contributed by atoms with Gasteiger partial charge in [0, 0.05) is 23.3 Å². The summed E-state index contributed by atoms with van der Waals surface area (Å²) in [6, 6.07) is 5.86. The van der Waals surface area contributed by atoms with Crippen LogP contribution in [0.5, 0.6) is 5.75 Å². The SMILES string of the molecule is CC(=O)OCC1=C(C(=O)[O-])N2C(=O)C(NC(=O)c3ccc(COc4cc(C)c(Cl)cc4C(C)C)o3)C2SC1. The molecular formula is C26H26ClN2O8S-. The van der Waals surface area contributed by atoms with Gasteiger partial charge >= 0.3 is 5.97 Å². The first-order chi connectivity index (χ1) is 18.0. The van der Waals surface area contributed by atoms with Crippen LogP contribution in [0.2, 0.25) is 5.02 Å². The van der Waals surface area contributed by atoms with Crippen LogP contribution in [0.1, 0.15) is 54.1 Å². The highest BCUT2D eigenvalue weighted by Gasteiger charge is 2.53. The van der Waals surface area contributed by atoms with E-state index in [4.69, 9.17) is 25.5 Å². The number of nitrogens with one attached hydrogen (secondary N) is 1. The number of benzene rings is 1. The molecular weight excluding hydrogens is 536 g/mol.